The lowest BCUT2D eigenvalue weighted by atomic mass is 10.2. The number of para-hydroxylation sites is 1. The van der Waals surface area contributed by atoms with E-state index in [0.717, 1.165) is 5.69 Å². The van der Waals surface area contributed by atoms with E-state index in [1.54, 1.807) is 36.0 Å². The van der Waals surface area contributed by atoms with E-state index in [9.17, 15) is 9.59 Å². The maximum absolute atomic E-state index is 13.0. The predicted octanol–water partition coefficient (Wildman–Crippen LogP) is 2.34. The molecule has 26 heavy (non-hydrogen) atoms. The number of nitrogens with zero attached hydrogens (tertiary/aromatic N) is 4. The van der Waals surface area contributed by atoms with Gasteiger partial charge in [0.05, 0.1) is 5.69 Å². The third-order valence-electron chi connectivity index (χ3n) is 3.76. The predicted molar refractivity (Wildman–Crippen MR) is 99.4 cm³/mol. The highest BCUT2D eigenvalue weighted by Gasteiger charge is 2.17. The Hall–Kier alpha value is -3.28. The second kappa shape index (κ2) is 7.31. The highest BCUT2D eigenvalue weighted by molar-refractivity contribution is 5.93. The molecule has 2 aromatic heterocycles. The van der Waals surface area contributed by atoms with Gasteiger partial charge in [-0.1, -0.05) is 24.3 Å². The smallest absolute Gasteiger partial charge is 0.287 e. The fourth-order valence-electron chi connectivity index (χ4n) is 2.62. The number of aryl methyl sites for hydroxylation is 1. The molecule has 6 heteroatoms. The first-order chi connectivity index (χ1) is 12.5. The fraction of sp³-hybridized carbons (Fsp3) is 0.200. The molecule has 0 spiro atoms. The molecule has 3 rings (SSSR count). The van der Waals surface area contributed by atoms with Crippen molar-refractivity contribution in [3.63, 3.8) is 0 Å². The first-order valence-electron chi connectivity index (χ1n) is 8.40. The van der Waals surface area contributed by atoms with Gasteiger partial charge in [-0.15, -0.1) is 0 Å². The molecule has 0 fully saturated rings. The van der Waals surface area contributed by atoms with Crippen LogP contribution in [0.5, 0.6) is 0 Å². The molecule has 0 aliphatic heterocycles. The zero-order valence-corrected chi connectivity index (χ0v) is 15.0. The van der Waals surface area contributed by atoms with Crippen LogP contribution in [-0.2, 0) is 0 Å². The van der Waals surface area contributed by atoms with Gasteiger partial charge in [-0.2, -0.15) is 5.10 Å². The van der Waals surface area contributed by atoms with Crippen molar-refractivity contribution in [3.8, 4) is 5.69 Å². The number of hydrogen-bond donors (Lipinski definition) is 0. The molecule has 0 saturated carbocycles. The summed E-state index contributed by atoms with van der Waals surface area (Å²) in [6.07, 6.45) is 1.59. The molecule has 0 aliphatic carbocycles. The van der Waals surface area contributed by atoms with Gasteiger partial charge in [0.25, 0.3) is 5.91 Å². The van der Waals surface area contributed by atoms with Crippen molar-refractivity contribution in [2.24, 2.45) is 4.99 Å². The Morgan fingerprint density at radius 1 is 1.08 bits per heavy atom. The minimum atomic E-state index is -0.500. The Bertz CT molecular complexity index is 1060. The monoisotopic (exact) mass is 348 g/mol. The van der Waals surface area contributed by atoms with Gasteiger partial charge in [-0.05, 0) is 45.0 Å². The van der Waals surface area contributed by atoms with Gasteiger partial charge >= 0.3 is 0 Å². The van der Waals surface area contributed by atoms with E-state index in [-0.39, 0.29) is 11.7 Å². The van der Waals surface area contributed by atoms with Crippen LogP contribution in [0.15, 0.2) is 70.6 Å². The third kappa shape index (κ3) is 3.54. The quantitative estimate of drug-likeness (QED) is 0.729. The van der Waals surface area contributed by atoms with Crippen LogP contribution < -0.4 is 10.9 Å². The van der Waals surface area contributed by atoms with Crippen LogP contribution in [0.25, 0.3) is 5.69 Å². The lowest BCUT2D eigenvalue weighted by molar-refractivity contribution is 0.0946. The lowest BCUT2D eigenvalue weighted by Gasteiger charge is -2.12. The summed E-state index contributed by atoms with van der Waals surface area (Å²) in [6, 6.07) is 16.1. The number of carbonyl (C=O) groups excluding carboxylic acids is 1. The maximum atomic E-state index is 13.0. The molecule has 0 atom stereocenters. The van der Waals surface area contributed by atoms with Crippen molar-refractivity contribution in [3.05, 3.63) is 87.9 Å². The van der Waals surface area contributed by atoms with Crippen LogP contribution in [0.1, 0.15) is 30.0 Å². The molecule has 3 aromatic rings. The van der Waals surface area contributed by atoms with Crippen molar-refractivity contribution in [1.29, 1.82) is 0 Å². The molecule has 6 nitrogen and oxygen atoms in total. The van der Waals surface area contributed by atoms with E-state index in [2.05, 4.69) is 10.1 Å². The summed E-state index contributed by atoms with van der Waals surface area (Å²) in [4.78, 5) is 29.9. The van der Waals surface area contributed by atoms with E-state index in [4.69, 9.17) is 0 Å². The van der Waals surface area contributed by atoms with Gasteiger partial charge < -0.3 is 0 Å². The van der Waals surface area contributed by atoms with Gasteiger partial charge in [-0.25, -0.2) is 4.68 Å². The van der Waals surface area contributed by atoms with Crippen molar-refractivity contribution >= 4 is 5.91 Å². The molecule has 0 N–H and O–H groups in total. The Balaban J connectivity index is 2.17. The first kappa shape index (κ1) is 17.5. The van der Waals surface area contributed by atoms with Crippen molar-refractivity contribution in [2.45, 2.75) is 26.8 Å². The summed E-state index contributed by atoms with van der Waals surface area (Å²) >= 11 is 0. The SMILES string of the molecule is Cc1cc(=O)c(C(=O)n2ccccc2=NC(C)C)nn1-c1ccccc1. The van der Waals surface area contributed by atoms with Crippen LogP contribution in [0.4, 0.5) is 0 Å². The van der Waals surface area contributed by atoms with Crippen LogP contribution in [0.2, 0.25) is 0 Å². The van der Waals surface area contributed by atoms with E-state index in [1.165, 1.54) is 10.6 Å². The summed E-state index contributed by atoms with van der Waals surface area (Å²) in [5.41, 5.74) is 1.37. The average Bonchev–Trinajstić information content (AvgIpc) is 2.62. The zero-order chi connectivity index (χ0) is 18.7. The molecule has 132 valence electrons. The first-order valence-corrected chi connectivity index (χ1v) is 8.40. The van der Waals surface area contributed by atoms with Crippen LogP contribution in [0, 0.1) is 6.92 Å². The minimum Gasteiger partial charge on any atom is -0.287 e. The van der Waals surface area contributed by atoms with Gasteiger partial charge in [0.1, 0.15) is 5.49 Å². The minimum absolute atomic E-state index is 0.0170. The molecule has 0 unspecified atom stereocenters. The summed E-state index contributed by atoms with van der Waals surface area (Å²) in [5.74, 6) is -0.500. The van der Waals surface area contributed by atoms with Gasteiger partial charge in [0, 0.05) is 24.0 Å². The summed E-state index contributed by atoms with van der Waals surface area (Å²) in [7, 11) is 0. The molecule has 0 aliphatic rings. The Labute approximate surface area is 151 Å². The number of hydrogen-bond acceptors (Lipinski definition) is 4. The maximum Gasteiger partial charge on any atom is 0.288 e. The molecule has 1 aromatic carbocycles. The zero-order valence-electron chi connectivity index (χ0n) is 15.0. The average molecular weight is 348 g/mol. The van der Waals surface area contributed by atoms with Gasteiger partial charge in [0.2, 0.25) is 5.43 Å². The topological polar surface area (TPSA) is 69.2 Å². The normalized spacial score (nSPS) is 11.8. The molecule has 0 amide bonds. The Morgan fingerprint density at radius 3 is 2.46 bits per heavy atom. The summed E-state index contributed by atoms with van der Waals surface area (Å²) in [5, 5.41) is 4.33. The standard InChI is InChI=1S/C20H20N4O2/c1-14(2)21-18-11-7-8-12-23(18)20(26)19-17(25)13-15(3)24(22-19)16-9-5-4-6-10-16/h4-14H,1-3H3. The van der Waals surface area contributed by atoms with E-state index in [1.807, 2.05) is 44.2 Å². The van der Waals surface area contributed by atoms with E-state index >= 15 is 0 Å². The highest BCUT2D eigenvalue weighted by Crippen LogP contribution is 2.08. The number of pyridine rings is 1. The largest absolute Gasteiger partial charge is 0.288 e. The third-order valence-corrected chi connectivity index (χ3v) is 3.76. The highest BCUT2D eigenvalue weighted by atomic mass is 16.2. The lowest BCUT2D eigenvalue weighted by Crippen LogP contribution is -2.33. The van der Waals surface area contributed by atoms with Crippen molar-refractivity contribution < 1.29 is 4.79 Å². The van der Waals surface area contributed by atoms with E-state index in [0.29, 0.717) is 11.2 Å². The molecule has 0 radical (unpaired) electrons. The van der Waals surface area contributed by atoms with Crippen molar-refractivity contribution in [2.75, 3.05) is 0 Å². The Morgan fingerprint density at radius 2 is 1.77 bits per heavy atom. The number of carbonyl (C=O) groups is 1. The molecule has 2 heterocycles. The van der Waals surface area contributed by atoms with Crippen molar-refractivity contribution in [1.82, 2.24) is 14.3 Å². The van der Waals surface area contributed by atoms with Gasteiger partial charge in [0.15, 0.2) is 5.69 Å². The second-order valence-electron chi connectivity index (χ2n) is 6.20. The Kier molecular flexibility index (Phi) is 4.93. The van der Waals surface area contributed by atoms with Gasteiger partial charge in [-0.3, -0.25) is 19.1 Å². The van der Waals surface area contributed by atoms with Crippen LogP contribution in [0.3, 0.4) is 0 Å². The number of benzene rings is 1. The fourth-order valence-corrected chi connectivity index (χ4v) is 2.62. The van der Waals surface area contributed by atoms with Crippen LogP contribution in [-0.4, -0.2) is 26.3 Å². The summed E-state index contributed by atoms with van der Waals surface area (Å²) < 4.78 is 2.95. The van der Waals surface area contributed by atoms with E-state index < -0.39 is 11.3 Å². The molecule has 0 bridgehead atoms. The number of aromatic nitrogens is 3. The molecule has 0 saturated heterocycles. The molecular formula is C20H20N4O2. The second-order valence-corrected chi connectivity index (χ2v) is 6.20. The summed E-state index contributed by atoms with van der Waals surface area (Å²) in [6.45, 7) is 5.63. The number of rotatable bonds is 3. The molecular weight excluding hydrogens is 328 g/mol. The van der Waals surface area contributed by atoms with Crippen LogP contribution >= 0.6 is 0 Å².